The van der Waals surface area contributed by atoms with E-state index in [2.05, 4.69) is 4.74 Å². The molecule has 1 aliphatic rings. The van der Waals surface area contributed by atoms with Gasteiger partial charge < -0.3 is 19.0 Å². The van der Waals surface area contributed by atoms with Crippen molar-refractivity contribution in [1.29, 1.82) is 0 Å². The minimum Gasteiger partial charge on any atom is -0.454 e. The smallest absolute Gasteiger partial charge is 0.454 e. The van der Waals surface area contributed by atoms with Crippen LogP contribution >= 0.6 is 0 Å². The third-order valence-corrected chi connectivity index (χ3v) is 2.60. The first-order valence-corrected chi connectivity index (χ1v) is 6.80. The summed E-state index contributed by atoms with van der Waals surface area (Å²) >= 11 is 0. The molecule has 0 radical (unpaired) electrons. The number of aryl methyl sites for hydroxylation is 1. The van der Waals surface area contributed by atoms with Crippen molar-refractivity contribution < 1.29 is 33.4 Å². The quantitative estimate of drug-likeness (QED) is 0.855. The van der Waals surface area contributed by atoms with Crippen LogP contribution in [0, 0.1) is 6.92 Å². The molecule has 0 unspecified atom stereocenters. The van der Waals surface area contributed by atoms with Crippen LogP contribution in [-0.2, 0) is 14.3 Å². The summed E-state index contributed by atoms with van der Waals surface area (Å²) < 4.78 is 14.2. The van der Waals surface area contributed by atoms with Crippen LogP contribution in [0.5, 0.6) is 0 Å². The Bertz CT molecular complexity index is 568. The van der Waals surface area contributed by atoms with Crippen LogP contribution in [0.15, 0.2) is 28.4 Å². The average Bonchev–Trinajstić information content (AvgIpc) is 2.86. The molecule has 0 aliphatic heterocycles. The summed E-state index contributed by atoms with van der Waals surface area (Å²) in [7, 11) is 0. The van der Waals surface area contributed by atoms with Gasteiger partial charge in [-0.25, -0.2) is 9.59 Å². The summed E-state index contributed by atoms with van der Waals surface area (Å²) in [4.78, 5) is 32.0. The maximum atomic E-state index is 11.6. The largest absolute Gasteiger partial charge is 0.505 e. The van der Waals surface area contributed by atoms with Crippen molar-refractivity contribution in [2.24, 2.45) is 0 Å². The van der Waals surface area contributed by atoms with E-state index >= 15 is 0 Å². The van der Waals surface area contributed by atoms with Gasteiger partial charge in [-0.1, -0.05) is 0 Å². The average molecular weight is 310 g/mol. The molecule has 1 aliphatic carbocycles. The lowest BCUT2D eigenvalue weighted by Gasteiger charge is -2.10. The number of ether oxygens (including phenoxy) is 2. The number of furan rings is 1. The van der Waals surface area contributed by atoms with Crippen molar-refractivity contribution in [3.63, 3.8) is 0 Å². The summed E-state index contributed by atoms with van der Waals surface area (Å²) in [5.74, 6) is 0.700. The van der Waals surface area contributed by atoms with Gasteiger partial charge in [0.1, 0.15) is 11.5 Å². The van der Waals surface area contributed by atoms with Gasteiger partial charge in [-0.05, 0) is 32.4 Å². The molecule has 0 spiro atoms. The molecule has 2 rings (SSSR count). The molecule has 0 saturated heterocycles. The highest BCUT2D eigenvalue weighted by Gasteiger charge is 2.17. The summed E-state index contributed by atoms with van der Waals surface area (Å²) in [5.41, 5.74) is 0. The summed E-state index contributed by atoms with van der Waals surface area (Å²) in [6.07, 6.45) is 2.06. The zero-order valence-corrected chi connectivity index (χ0v) is 12.5. The highest BCUT2D eigenvalue weighted by molar-refractivity contribution is 5.92. The highest BCUT2D eigenvalue weighted by atomic mass is 16.7. The molecule has 22 heavy (non-hydrogen) atoms. The van der Waals surface area contributed by atoms with Gasteiger partial charge in [0.25, 0.3) is 0 Å². The third kappa shape index (κ3) is 6.25. The highest BCUT2D eigenvalue weighted by Crippen LogP contribution is 2.18. The Kier molecular flexibility index (Phi) is 6.88. The Labute approximate surface area is 127 Å². The number of esters is 1. The molecule has 1 N–H and O–H groups in total. The van der Waals surface area contributed by atoms with E-state index in [1.54, 1.807) is 26.0 Å². The third-order valence-electron chi connectivity index (χ3n) is 2.60. The van der Waals surface area contributed by atoms with Crippen molar-refractivity contribution in [2.75, 3.05) is 6.61 Å². The Morgan fingerprint density at radius 1 is 1.32 bits per heavy atom. The maximum Gasteiger partial charge on any atom is 0.505 e. The van der Waals surface area contributed by atoms with Gasteiger partial charge in [-0.3, -0.25) is 4.79 Å². The van der Waals surface area contributed by atoms with Gasteiger partial charge in [0.05, 0.1) is 6.61 Å². The molecule has 0 bridgehead atoms. The first-order valence-electron chi connectivity index (χ1n) is 6.80. The van der Waals surface area contributed by atoms with E-state index in [1.807, 2.05) is 0 Å². The standard InChI is InChI=1S/C12H12O4.C3H6O3/c1-8-5-6-11(15-8)12(14)16-10-4-2-3-9(13)7-10;1-2-6-3(4)5/h5-7H,2-4H2,1H3;2H2,1H3,(H,4,5). The first-order chi connectivity index (χ1) is 10.4. The van der Waals surface area contributed by atoms with Crippen molar-refractivity contribution in [3.05, 3.63) is 35.5 Å². The summed E-state index contributed by atoms with van der Waals surface area (Å²) in [5, 5.41) is 7.69. The molecular weight excluding hydrogens is 292 g/mol. The van der Waals surface area contributed by atoms with E-state index in [9.17, 15) is 14.4 Å². The molecule has 7 nitrogen and oxygen atoms in total. The summed E-state index contributed by atoms with van der Waals surface area (Å²) in [6, 6.07) is 3.25. The van der Waals surface area contributed by atoms with Crippen LogP contribution in [0.1, 0.15) is 42.5 Å². The van der Waals surface area contributed by atoms with Crippen LogP contribution < -0.4 is 0 Å². The fourth-order valence-corrected chi connectivity index (χ4v) is 1.68. The molecule has 0 amide bonds. The predicted molar refractivity (Wildman–Crippen MR) is 75.5 cm³/mol. The van der Waals surface area contributed by atoms with Crippen LogP contribution in [-0.4, -0.2) is 29.6 Å². The molecule has 120 valence electrons. The number of carbonyl (C=O) groups excluding carboxylic acids is 2. The van der Waals surface area contributed by atoms with E-state index in [4.69, 9.17) is 14.3 Å². The Morgan fingerprint density at radius 3 is 2.50 bits per heavy atom. The lowest BCUT2D eigenvalue weighted by Crippen LogP contribution is -2.09. The van der Waals surface area contributed by atoms with Crippen molar-refractivity contribution in [2.45, 2.75) is 33.1 Å². The molecular formula is C15H18O7. The zero-order chi connectivity index (χ0) is 16.5. The monoisotopic (exact) mass is 310 g/mol. The number of rotatable bonds is 3. The molecule has 1 aromatic rings. The topological polar surface area (TPSA) is 103 Å². The fourth-order valence-electron chi connectivity index (χ4n) is 1.68. The van der Waals surface area contributed by atoms with Gasteiger partial charge >= 0.3 is 12.1 Å². The SMILES string of the molecule is CCOC(=O)O.Cc1ccc(C(=O)OC2=CC(=O)CCC2)o1. The second-order valence-electron chi connectivity index (χ2n) is 4.43. The zero-order valence-electron chi connectivity index (χ0n) is 12.5. The van der Waals surface area contributed by atoms with Crippen molar-refractivity contribution >= 4 is 17.9 Å². The van der Waals surface area contributed by atoms with Gasteiger partial charge in [-0.2, -0.15) is 0 Å². The summed E-state index contributed by atoms with van der Waals surface area (Å²) in [6.45, 7) is 3.60. The van der Waals surface area contributed by atoms with Gasteiger partial charge in [0.2, 0.25) is 5.76 Å². The van der Waals surface area contributed by atoms with Gasteiger partial charge in [-0.15, -0.1) is 0 Å². The van der Waals surface area contributed by atoms with Crippen LogP contribution in [0.3, 0.4) is 0 Å². The van der Waals surface area contributed by atoms with Crippen LogP contribution in [0.25, 0.3) is 0 Å². The normalized spacial score (nSPS) is 13.5. The first kappa shape index (κ1) is 17.5. The minimum atomic E-state index is -1.21. The van der Waals surface area contributed by atoms with E-state index in [0.29, 0.717) is 24.4 Å². The van der Waals surface area contributed by atoms with E-state index in [-0.39, 0.29) is 18.2 Å². The molecule has 0 saturated carbocycles. The van der Waals surface area contributed by atoms with Gasteiger partial charge in [0.15, 0.2) is 5.78 Å². The van der Waals surface area contributed by atoms with E-state index in [0.717, 1.165) is 6.42 Å². The Hall–Kier alpha value is -2.57. The van der Waals surface area contributed by atoms with Crippen LogP contribution in [0.2, 0.25) is 0 Å². The van der Waals surface area contributed by atoms with E-state index < -0.39 is 12.1 Å². The second-order valence-corrected chi connectivity index (χ2v) is 4.43. The molecule has 0 aromatic carbocycles. The minimum absolute atomic E-state index is 0.00433. The van der Waals surface area contributed by atoms with Crippen LogP contribution in [0.4, 0.5) is 4.79 Å². The second kappa shape index (κ2) is 8.66. The number of hydrogen-bond acceptors (Lipinski definition) is 6. The lowest BCUT2D eigenvalue weighted by atomic mass is 10.1. The molecule has 1 aromatic heterocycles. The molecule has 1 heterocycles. The number of carboxylic acid groups (broad SMARTS) is 1. The molecule has 0 fully saturated rings. The molecule has 0 atom stereocenters. The van der Waals surface area contributed by atoms with E-state index in [1.165, 1.54) is 6.08 Å². The van der Waals surface area contributed by atoms with Gasteiger partial charge in [0, 0.05) is 18.9 Å². The fraction of sp³-hybridized carbons (Fsp3) is 0.400. The lowest BCUT2D eigenvalue weighted by molar-refractivity contribution is -0.115. The Morgan fingerprint density at radius 2 is 2.05 bits per heavy atom. The van der Waals surface area contributed by atoms with Crippen molar-refractivity contribution in [1.82, 2.24) is 0 Å². The molecule has 7 heteroatoms. The number of ketones is 1. The number of carbonyl (C=O) groups is 3. The predicted octanol–water partition coefficient (Wildman–Crippen LogP) is 3.08. The number of hydrogen-bond donors (Lipinski definition) is 1. The number of allylic oxidation sites excluding steroid dienone is 2. The maximum absolute atomic E-state index is 11.6. The van der Waals surface area contributed by atoms with Crippen molar-refractivity contribution in [3.8, 4) is 0 Å². The Balaban J connectivity index is 0.000000346.